The first-order valence-electron chi connectivity index (χ1n) is 7.85. The summed E-state index contributed by atoms with van der Waals surface area (Å²) < 4.78 is 0. The Morgan fingerprint density at radius 1 is 1.08 bits per heavy atom. The highest BCUT2D eigenvalue weighted by Crippen LogP contribution is 2.42. The quantitative estimate of drug-likeness (QED) is 0.697. The first-order chi connectivity index (χ1) is 11.7. The summed E-state index contributed by atoms with van der Waals surface area (Å²) >= 11 is 7.43. The van der Waals surface area contributed by atoms with Gasteiger partial charge in [0, 0.05) is 16.8 Å². The Hall–Kier alpha value is -2.24. The van der Waals surface area contributed by atoms with Crippen LogP contribution in [0.4, 0.5) is 5.69 Å². The van der Waals surface area contributed by atoms with Crippen molar-refractivity contribution in [2.45, 2.75) is 19.0 Å². The Kier molecular flexibility index (Phi) is 4.04. The second kappa shape index (κ2) is 6.34. The van der Waals surface area contributed by atoms with Crippen molar-refractivity contribution in [1.29, 1.82) is 0 Å². The molecule has 1 aliphatic rings. The summed E-state index contributed by atoms with van der Waals surface area (Å²) in [4.78, 5) is 8.04. The van der Waals surface area contributed by atoms with E-state index in [4.69, 9.17) is 12.2 Å². The van der Waals surface area contributed by atoms with Crippen LogP contribution in [0, 0.1) is 6.92 Å². The second-order valence-corrected chi connectivity index (χ2v) is 7.21. The number of benzene rings is 1. The van der Waals surface area contributed by atoms with E-state index in [1.165, 1.54) is 10.4 Å². The van der Waals surface area contributed by atoms with Crippen molar-refractivity contribution in [3.8, 4) is 0 Å². The normalized spacial score (nSPS) is 20.2. The summed E-state index contributed by atoms with van der Waals surface area (Å²) in [6, 6.07) is 18.9. The van der Waals surface area contributed by atoms with Gasteiger partial charge in [-0.05, 0) is 54.9 Å². The molecule has 24 heavy (non-hydrogen) atoms. The number of hydrogen-bond donors (Lipinski definition) is 1. The number of aromatic nitrogens is 1. The molecule has 2 atom stereocenters. The predicted octanol–water partition coefficient (Wildman–Crippen LogP) is 4.63. The van der Waals surface area contributed by atoms with Gasteiger partial charge in [-0.1, -0.05) is 29.8 Å². The predicted molar refractivity (Wildman–Crippen MR) is 103 cm³/mol. The van der Waals surface area contributed by atoms with Gasteiger partial charge >= 0.3 is 0 Å². The van der Waals surface area contributed by atoms with Gasteiger partial charge in [-0.3, -0.25) is 4.98 Å². The Balaban J connectivity index is 1.80. The third kappa shape index (κ3) is 2.70. The number of nitrogens with one attached hydrogen (secondary N) is 1. The molecule has 0 bridgehead atoms. The van der Waals surface area contributed by atoms with Crippen LogP contribution in [0.3, 0.4) is 0 Å². The zero-order chi connectivity index (χ0) is 16.5. The summed E-state index contributed by atoms with van der Waals surface area (Å²) in [7, 11) is 0. The van der Waals surface area contributed by atoms with E-state index in [1.54, 1.807) is 11.3 Å². The van der Waals surface area contributed by atoms with Crippen molar-refractivity contribution >= 4 is 34.4 Å². The van der Waals surface area contributed by atoms with Gasteiger partial charge in [0.05, 0.1) is 17.8 Å². The molecule has 5 heteroatoms. The Bertz CT molecular complexity index is 829. The lowest BCUT2D eigenvalue weighted by atomic mass is 10.0. The number of anilines is 1. The van der Waals surface area contributed by atoms with Crippen molar-refractivity contribution in [2.24, 2.45) is 0 Å². The van der Waals surface area contributed by atoms with Gasteiger partial charge in [-0.15, -0.1) is 11.3 Å². The number of thiocarbonyl (C=S) groups is 1. The smallest absolute Gasteiger partial charge is 0.174 e. The lowest BCUT2D eigenvalue weighted by molar-refractivity contribution is 0.575. The molecule has 0 radical (unpaired) electrons. The number of aryl methyl sites for hydroxylation is 1. The van der Waals surface area contributed by atoms with Gasteiger partial charge in [-0.25, -0.2) is 0 Å². The molecule has 4 rings (SSSR count). The molecule has 1 N–H and O–H groups in total. The first-order valence-corrected chi connectivity index (χ1v) is 9.13. The molecular weight excluding hydrogens is 334 g/mol. The molecule has 1 aromatic carbocycles. The summed E-state index contributed by atoms with van der Waals surface area (Å²) in [5.74, 6) is 0. The molecule has 0 saturated carbocycles. The molecule has 0 unspecified atom stereocenters. The van der Waals surface area contributed by atoms with E-state index < -0.39 is 0 Å². The van der Waals surface area contributed by atoms with Crippen molar-refractivity contribution in [3.63, 3.8) is 0 Å². The zero-order valence-electron chi connectivity index (χ0n) is 13.2. The van der Waals surface area contributed by atoms with Crippen LogP contribution < -0.4 is 10.2 Å². The van der Waals surface area contributed by atoms with Gasteiger partial charge in [-0.2, -0.15) is 0 Å². The van der Waals surface area contributed by atoms with Crippen LogP contribution in [0.1, 0.15) is 28.2 Å². The van der Waals surface area contributed by atoms with Crippen LogP contribution >= 0.6 is 23.6 Å². The molecule has 120 valence electrons. The average Bonchev–Trinajstić information content (AvgIpc) is 3.24. The molecule has 3 nitrogen and oxygen atoms in total. The minimum absolute atomic E-state index is 0.0404. The summed E-state index contributed by atoms with van der Waals surface area (Å²) in [5.41, 5.74) is 3.36. The number of pyridine rings is 1. The van der Waals surface area contributed by atoms with E-state index in [0.717, 1.165) is 16.5 Å². The standard InChI is InChI=1S/C19H17N3S2/c1-13-7-9-14(10-8-13)22-18(16-6-4-12-24-16)17(21-19(22)23)15-5-2-3-11-20-15/h2-12,17-18H,1H3,(H,21,23)/t17-,18+/m1/s1. The van der Waals surface area contributed by atoms with Crippen LogP contribution in [-0.4, -0.2) is 10.1 Å². The highest BCUT2D eigenvalue weighted by atomic mass is 32.1. The molecule has 3 heterocycles. The Labute approximate surface area is 151 Å². The van der Waals surface area contributed by atoms with Crippen LogP contribution in [0.2, 0.25) is 0 Å². The van der Waals surface area contributed by atoms with Gasteiger partial charge in [0.1, 0.15) is 0 Å². The number of hydrogen-bond acceptors (Lipinski definition) is 3. The maximum atomic E-state index is 5.68. The average molecular weight is 352 g/mol. The second-order valence-electron chi connectivity index (χ2n) is 5.85. The first kappa shape index (κ1) is 15.3. The van der Waals surface area contributed by atoms with E-state index in [2.05, 4.69) is 70.0 Å². The topological polar surface area (TPSA) is 28.2 Å². The van der Waals surface area contributed by atoms with Gasteiger partial charge < -0.3 is 10.2 Å². The molecule has 3 aromatic rings. The van der Waals surface area contributed by atoms with Crippen LogP contribution in [0.5, 0.6) is 0 Å². The van der Waals surface area contributed by atoms with Crippen LogP contribution in [-0.2, 0) is 0 Å². The molecule has 1 saturated heterocycles. The third-order valence-electron chi connectivity index (χ3n) is 4.24. The molecule has 0 spiro atoms. The number of rotatable bonds is 3. The molecule has 0 amide bonds. The highest BCUT2D eigenvalue weighted by Gasteiger charge is 2.41. The molecule has 2 aromatic heterocycles. The van der Waals surface area contributed by atoms with Crippen LogP contribution in [0.15, 0.2) is 66.2 Å². The van der Waals surface area contributed by atoms with E-state index in [1.807, 2.05) is 18.3 Å². The van der Waals surface area contributed by atoms with Crippen molar-refractivity contribution < 1.29 is 0 Å². The minimum Gasteiger partial charge on any atom is -0.351 e. The van der Waals surface area contributed by atoms with Crippen molar-refractivity contribution in [3.05, 3.63) is 82.3 Å². The van der Waals surface area contributed by atoms with E-state index in [-0.39, 0.29) is 12.1 Å². The molecule has 1 fully saturated rings. The lowest BCUT2D eigenvalue weighted by Crippen LogP contribution is -2.29. The summed E-state index contributed by atoms with van der Waals surface area (Å²) in [6.07, 6.45) is 1.83. The summed E-state index contributed by atoms with van der Waals surface area (Å²) in [5, 5.41) is 6.33. The Morgan fingerprint density at radius 2 is 1.92 bits per heavy atom. The maximum Gasteiger partial charge on any atom is 0.174 e. The van der Waals surface area contributed by atoms with E-state index >= 15 is 0 Å². The fourth-order valence-corrected chi connectivity index (χ4v) is 4.29. The van der Waals surface area contributed by atoms with E-state index in [0.29, 0.717) is 0 Å². The minimum atomic E-state index is 0.0404. The van der Waals surface area contributed by atoms with Gasteiger partial charge in [0.2, 0.25) is 0 Å². The number of thiophene rings is 1. The number of nitrogens with zero attached hydrogens (tertiary/aromatic N) is 2. The Morgan fingerprint density at radius 3 is 2.58 bits per heavy atom. The van der Waals surface area contributed by atoms with Crippen molar-refractivity contribution in [2.75, 3.05) is 4.90 Å². The fraction of sp³-hybridized carbons (Fsp3) is 0.158. The fourth-order valence-electron chi connectivity index (χ4n) is 3.09. The van der Waals surface area contributed by atoms with Crippen LogP contribution in [0.25, 0.3) is 0 Å². The highest BCUT2D eigenvalue weighted by molar-refractivity contribution is 7.80. The monoisotopic (exact) mass is 351 g/mol. The third-order valence-corrected chi connectivity index (χ3v) is 5.50. The zero-order valence-corrected chi connectivity index (χ0v) is 14.8. The maximum absolute atomic E-state index is 5.68. The lowest BCUT2D eigenvalue weighted by Gasteiger charge is -2.27. The molecular formula is C19H17N3S2. The van der Waals surface area contributed by atoms with Gasteiger partial charge in [0.25, 0.3) is 0 Å². The van der Waals surface area contributed by atoms with Crippen molar-refractivity contribution in [1.82, 2.24) is 10.3 Å². The molecule has 0 aliphatic carbocycles. The van der Waals surface area contributed by atoms with E-state index in [9.17, 15) is 0 Å². The summed E-state index contributed by atoms with van der Waals surface area (Å²) in [6.45, 7) is 2.10. The molecule has 1 aliphatic heterocycles. The van der Waals surface area contributed by atoms with Gasteiger partial charge in [0.15, 0.2) is 5.11 Å². The largest absolute Gasteiger partial charge is 0.351 e. The SMILES string of the molecule is Cc1ccc(N2C(=S)N[C@H](c3ccccn3)[C@@H]2c2cccs2)cc1.